The second-order valence-corrected chi connectivity index (χ2v) is 11.2. The molecule has 0 aliphatic carbocycles. The number of hydrogen-bond donors (Lipinski definition) is 0. The van der Waals surface area contributed by atoms with Crippen molar-refractivity contribution >= 4 is 45.7 Å². The Bertz CT molecular complexity index is 1680. The number of aromatic nitrogens is 1. The number of amides is 1. The number of para-hydroxylation sites is 1. The van der Waals surface area contributed by atoms with Crippen LogP contribution >= 0.6 is 22.7 Å². The van der Waals surface area contributed by atoms with E-state index in [2.05, 4.69) is 4.98 Å². The summed E-state index contributed by atoms with van der Waals surface area (Å²) in [7, 11) is 1.88. The van der Waals surface area contributed by atoms with Gasteiger partial charge < -0.3 is 4.90 Å². The Balaban J connectivity index is 1.53. The molecule has 1 amide bonds. The van der Waals surface area contributed by atoms with Crippen LogP contribution in [0.15, 0.2) is 90.3 Å². The normalized spacial score (nSPS) is 15.0. The lowest BCUT2D eigenvalue weighted by Crippen LogP contribution is -2.48. The summed E-state index contributed by atoms with van der Waals surface area (Å²) in [5.41, 5.74) is 3.16. The lowest BCUT2D eigenvalue weighted by Gasteiger charge is -2.43. The third kappa shape index (κ3) is 4.12. The van der Waals surface area contributed by atoms with Crippen LogP contribution in [0, 0.1) is 12.7 Å². The van der Waals surface area contributed by atoms with Crippen LogP contribution in [0.1, 0.15) is 42.3 Å². The van der Waals surface area contributed by atoms with E-state index >= 15 is 0 Å². The number of hydrogen-bond acceptors (Lipinski definition) is 6. The second kappa shape index (κ2) is 9.63. The van der Waals surface area contributed by atoms with Crippen LogP contribution in [0.2, 0.25) is 0 Å². The molecule has 5 nitrogen and oxygen atoms in total. The molecule has 8 heteroatoms. The van der Waals surface area contributed by atoms with Crippen molar-refractivity contribution in [3.63, 3.8) is 0 Å². The summed E-state index contributed by atoms with van der Waals surface area (Å²) >= 11 is 3.13. The fourth-order valence-electron chi connectivity index (χ4n) is 4.82. The highest BCUT2D eigenvalue weighted by Gasteiger charge is 2.40. The molecule has 38 heavy (non-hydrogen) atoms. The molecule has 0 saturated heterocycles. The molecule has 1 atom stereocenters. The van der Waals surface area contributed by atoms with Gasteiger partial charge in [-0.2, -0.15) is 0 Å². The topological polar surface area (TPSA) is 53.5 Å². The number of anilines is 2. The van der Waals surface area contributed by atoms with Crippen LogP contribution < -0.4 is 9.80 Å². The van der Waals surface area contributed by atoms with E-state index < -0.39 is 12.0 Å². The quantitative estimate of drug-likeness (QED) is 0.219. The summed E-state index contributed by atoms with van der Waals surface area (Å²) in [4.78, 5) is 37.8. The van der Waals surface area contributed by atoms with Gasteiger partial charge in [0.2, 0.25) is 0 Å². The van der Waals surface area contributed by atoms with Crippen molar-refractivity contribution in [3.05, 3.63) is 123 Å². The van der Waals surface area contributed by atoms with Crippen LogP contribution in [-0.2, 0) is 0 Å². The summed E-state index contributed by atoms with van der Waals surface area (Å²) in [6, 6.07) is 24.3. The van der Waals surface area contributed by atoms with E-state index in [9.17, 15) is 14.0 Å². The van der Waals surface area contributed by atoms with E-state index in [1.54, 1.807) is 70.0 Å². The molecule has 0 bridgehead atoms. The molecule has 2 aromatic heterocycles. The van der Waals surface area contributed by atoms with Crippen LogP contribution in [0.4, 0.5) is 15.8 Å². The number of carbonyl (C=O) groups excluding carboxylic acids is 2. The molecule has 0 spiro atoms. The maximum Gasteiger partial charge on any atom is 0.262 e. The highest BCUT2D eigenvalue weighted by molar-refractivity contribution is 7.16. The van der Waals surface area contributed by atoms with Crippen molar-refractivity contribution in [3.8, 4) is 10.6 Å². The molecule has 3 aromatic carbocycles. The standard InChI is InChI=1S/C30H22FN3O2S2/c1-18-32-23(17-37-18)26-14-15-27(38-26)29-33(2)24-13-12-20(31)16-22(24)30(36)34(29)25-11-7-6-10-21(25)28(35)19-8-4-3-5-9-19/h3-17,29H,1-2H3. The maximum absolute atomic E-state index is 14.3. The number of aryl methyl sites for hydroxylation is 1. The minimum Gasteiger partial charge on any atom is -0.349 e. The average molecular weight is 540 g/mol. The summed E-state index contributed by atoms with van der Waals surface area (Å²) in [5, 5.41) is 3.00. The number of halogens is 1. The molecule has 1 aliphatic rings. The number of fused-ring (bicyclic) bond motifs is 1. The summed E-state index contributed by atoms with van der Waals surface area (Å²) in [5.74, 6) is -1.05. The van der Waals surface area contributed by atoms with E-state index in [-0.39, 0.29) is 17.3 Å². The van der Waals surface area contributed by atoms with Crippen molar-refractivity contribution in [1.82, 2.24) is 4.98 Å². The number of benzene rings is 3. The van der Waals surface area contributed by atoms with Gasteiger partial charge in [-0.05, 0) is 49.4 Å². The van der Waals surface area contributed by atoms with Crippen molar-refractivity contribution in [2.24, 2.45) is 0 Å². The lowest BCUT2D eigenvalue weighted by molar-refractivity contribution is 0.0969. The minimum absolute atomic E-state index is 0.190. The Kier molecular flexibility index (Phi) is 6.13. The van der Waals surface area contributed by atoms with E-state index in [1.165, 1.54) is 12.1 Å². The Morgan fingerprint density at radius 2 is 1.71 bits per heavy atom. The second-order valence-electron chi connectivity index (χ2n) is 8.99. The van der Waals surface area contributed by atoms with Crippen LogP contribution in [0.25, 0.3) is 10.6 Å². The molecule has 188 valence electrons. The highest BCUT2D eigenvalue weighted by Crippen LogP contribution is 2.45. The van der Waals surface area contributed by atoms with Gasteiger partial charge in [0, 0.05) is 28.4 Å². The molecule has 5 aromatic rings. The first-order valence-electron chi connectivity index (χ1n) is 12.0. The molecular weight excluding hydrogens is 517 g/mol. The predicted molar refractivity (Wildman–Crippen MR) is 151 cm³/mol. The van der Waals surface area contributed by atoms with Gasteiger partial charge in [0.15, 0.2) is 5.78 Å². The molecule has 6 rings (SSSR count). The van der Waals surface area contributed by atoms with Crippen molar-refractivity contribution in [2.75, 3.05) is 16.8 Å². The first kappa shape index (κ1) is 24.2. The number of carbonyl (C=O) groups is 2. The van der Waals surface area contributed by atoms with Gasteiger partial charge in [0.25, 0.3) is 5.91 Å². The molecular formula is C30H22FN3O2S2. The summed E-state index contributed by atoms with van der Waals surface area (Å²) < 4.78 is 14.3. The molecule has 0 saturated carbocycles. The van der Waals surface area contributed by atoms with Crippen molar-refractivity contribution < 1.29 is 14.0 Å². The Hall–Kier alpha value is -4.14. The summed E-state index contributed by atoms with van der Waals surface area (Å²) in [6.45, 7) is 1.97. The van der Waals surface area contributed by atoms with Crippen LogP contribution in [0.3, 0.4) is 0 Å². The molecule has 0 N–H and O–H groups in total. The van der Waals surface area contributed by atoms with Gasteiger partial charge in [-0.25, -0.2) is 9.37 Å². The smallest absolute Gasteiger partial charge is 0.262 e. The van der Waals surface area contributed by atoms with Gasteiger partial charge in [-0.15, -0.1) is 22.7 Å². The zero-order valence-electron chi connectivity index (χ0n) is 20.6. The number of nitrogens with zero attached hydrogens (tertiary/aromatic N) is 3. The molecule has 3 heterocycles. The first-order chi connectivity index (χ1) is 18.4. The predicted octanol–water partition coefficient (Wildman–Crippen LogP) is 7.35. The molecule has 1 aliphatic heterocycles. The fourth-order valence-corrected chi connectivity index (χ4v) is 6.61. The number of thiazole rings is 1. The van der Waals surface area contributed by atoms with Crippen LogP contribution in [0.5, 0.6) is 0 Å². The van der Waals surface area contributed by atoms with Gasteiger partial charge in [-0.1, -0.05) is 42.5 Å². The van der Waals surface area contributed by atoms with E-state index in [0.717, 1.165) is 20.5 Å². The fraction of sp³-hybridized carbons (Fsp3) is 0.100. The number of rotatable bonds is 5. The third-order valence-corrected chi connectivity index (χ3v) is 8.52. The van der Waals surface area contributed by atoms with Gasteiger partial charge in [0.1, 0.15) is 12.0 Å². The minimum atomic E-state index is -0.552. The molecule has 1 unspecified atom stereocenters. The van der Waals surface area contributed by atoms with Gasteiger partial charge >= 0.3 is 0 Å². The number of thiophene rings is 1. The maximum atomic E-state index is 14.3. The van der Waals surface area contributed by atoms with Crippen molar-refractivity contribution in [1.29, 1.82) is 0 Å². The number of ketones is 1. The van der Waals surface area contributed by atoms with E-state index in [1.807, 2.05) is 54.6 Å². The highest BCUT2D eigenvalue weighted by atomic mass is 32.1. The first-order valence-corrected chi connectivity index (χ1v) is 13.7. The SMILES string of the molecule is Cc1nc(-c2ccc(C3N(C)c4ccc(F)cc4C(=O)N3c3ccccc3C(=O)c3ccccc3)s2)cs1. The van der Waals surface area contributed by atoms with E-state index in [4.69, 9.17) is 0 Å². The molecule has 0 fully saturated rings. The summed E-state index contributed by atoms with van der Waals surface area (Å²) in [6.07, 6.45) is -0.552. The zero-order chi connectivity index (χ0) is 26.4. The largest absolute Gasteiger partial charge is 0.349 e. The third-order valence-electron chi connectivity index (χ3n) is 6.60. The average Bonchev–Trinajstić information content (AvgIpc) is 3.60. The Morgan fingerprint density at radius 1 is 0.947 bits per heavy atom. The van der Waals surface area contributed by atoms with E-state index in [0.29, 0.717) is 22.5 Å². The molecule has 0 radical (unpaired) electrons. The van der Waals surface area contributed by atoms with Crippen molar-refractivity contribution in [2.45, 2.75) is 13.1 Å². The zero-order valence-corrected chi connectivity index (χ0v) is 22.2. The monoisotopic (exact) mass is 539 g/mol. The lowest BCUT2D eigenvalue weighted by atomic mass is 9.98. The Morgan fingerprint density at radius 3 is 2.47 bits per heavy atom. The van der Waals surface area contributed by atoms with Gasteiger partial charge in [0.05, 0.1) is 32.5 Å². The van der Waals surface area contributed by atoms with Crippen LogP contribution in [-0.4, -0.2) is 23.7 Å². The van der Waals surface area contributed by atoms with Gasteiger partial charge in [-0.3, -0.25) is 14.5 Å². The Labute approximate surface area is 227 Å².